The molecule has 5 nitrogen and oxygen atoms in total. The predicted molar refractivity (Wildman–Crippen MR) is 69.0 cm³/mol. The molecule has 18 heavy (non-hydrogen) atoms. The summed E-state index contributed by atoms with van der Waals surface area (Å²) in [5.41, 5.74) is 8.00. The van der Waals surface area contributed by atoms with Gasteiger partial charge in [0.05, 0.1) is 20.6 Å². The van der Waals surface area contributed by atoms with Gasteiger partial charge in [-0.3, -0.25) is 4.79 Å². The van der Waals surface area contributed by atoms with Crippen LogP contribution in [-0.2, 0) is 11.2 Å². The summed E-state index contributed by atoms with van der Waals surface area (Å²) in [6.45, 7) is 1.91. The van der Waals surface area contributed by atoms with Crippen LogP contribution in [-0.4, -0.2) is 25.1 Å². The third-order valence-corrected chi connectivity index (χ3v) is 2.97. The summed E-state index contributed by atoms with van der Waals surface area (Å²) in [4.78, 5) is 14.3. The lowest BCUT2D eigenvalue weighted by Crippen LogP contribution is -2.14. The summed E-state index contributed by atoms with van der Waals surface area (Å²) in [7, 11) is 3.17. The maximum Gasteiger partial charge on any atom is 0.221 e. The minimum absolute atomic E-state index is 0.210. The van der Waals surface area contributed by atoms with Crippen molar-refractivity contribution < 1.29 is 14.3 Å². The van der Waals surface area contributed by atoms with Crippen molar-refractivity contribution in [3.05, 3.63) is 23.4 Å². The Balaban J connectivity index is 2.66. The van der Waals surface area contributed by atoms with Crippen molar-refractivity contribution in [2.75, 3.05) is 14.2 Å². The monoisotopic (exact) mass is 248 g/mol. The number of amides is 1. The van der Waals surface area contributed by atoms with Gasteiger partial charge in [-0.1, -0.05) is 0 Å². The lowest BCUT2D eigenvalue weighted by atomic mass is 10.1. The number of carbonyl (C=O) groups is 1. The molecule has 0 aliphatic rings. The largest absolute Gasteiger partial charge is 0.493 e. The Hall–Kier alpha value is -2.17. The van der Waals surface area contributed by atoms with Gasteiger partial charge in [0, 0.05) is 22.7 Å². The average Bonchev–Trinajstić information content (AvgIpc) is 2.63. The number of methoxy groups -OCH3 is 2. The number of H-pyrrole nitrogens is 1. The van der Waals surface area contributed by atoms with Gasteiger partial charge in [0.15, 0.2) is 11.5 Å². The molecule has 1 amide bonds. The number of hydrogen-bond donors (Lipinski definition) is 2. The number of aromatic nitrogens is 1. The molecular weight excluding hydrogens is 232 g/mol. The van der Waals surface area contributed by atoms with Crippen molar-refractivity contribution in [1.82, 2.24) is 4.98 Å². The van der Waals surface area contributed by atoms with Crippen molar-refractivity contribution in [1.29, 1.82) is 0 Å². The second-order valence-corrected chi connectivity index (χ2v) is 4.12. The predicted octanol–water partition coefficient (Wildman–Crippen LogP) is 1.52. The van der Waals surface area contributed by atoms with Crippen LogP contribution >= 0.6 is 0 Å². The smallest absolute Gasteiger partial charge is 0.221 e. The van der Waals surface area contributed by atoms with E-state index >= 15 is 0 Å². The van der Waals surface area contributed by atoms with Gasteiger partial charge in [0.1, 0.15) is 0 Å². The summed E-state index contributed by atoms with van der Waals surface area (Å²) >= 11 is 0. The molecule has 0 saturated carbocycles. The van der Waals surface area contributed by atoms with E-state index in [2.05, 4.69) is 4.98 Å². The molecule has 96 valence electrons. The zero-order valence-electron chi connectivity index (χ0n) is 10.7. The number of aryl methyl sites for hydroxylation is 1. The van der Waals surface area contributed by atoms with Crippen LogP contribution in [0, 0.1) is 6.92 Å². The second kappa shape index (κ2) is 4.60. The zero-order valence-corrected chi connectivity index (χ0v) is 10.7. The number of rotatable bonds is 4. The Morgan fingerprint density at radius 2 is 1.89 bits per heavy atom. The van der Waals surface area contributed by atoms with Gasteiger partial charge >= 0.3 is 0 Å². The molecule has 0 radical (unpaired) electrons. The van der Waals surface area contributed by atoms with Gasteiger partial charge in [-0.25, -0.2) is 0 Å². The van der Waals surface area contributed by atoms with Crippen LogP contribution in [0.1, 0.15) is 11.3 Å². The molecule has 5 heteroatoms. The van der Waals surface area contributed by atoms with Crippen molar-refractivity contribution in [3.63, 3.8) is 0 Å². The molecule has 3 N–H and O–H groups in total. The van der Waals surface area contributed by atoms with Crippen LogP contribution in [0.15, 0.2) is 12.1 Å². The molecule has 2 aromatic rings. The van der Waals surface area contributed by atoms with Crippen LogP contribution < -0.4 is 15.2 Å². The van der Waals surface area contributed by atoms with Gasteiger partial charge in [0.25, 0.3) is 0 Å². The van der Waals surface area contributed by atoms with E-state index in [4.69, 9.17) is 15.2 Å². The maximum absolute atomic E-state index is 11.1. The lowest BCUT2D eigenvalue weighted by molar-refractivity contribution is -0.117. The normalized spacial score (nSPS) is 10.6. The van der Waals surface area contributed by atoms with Crippen LogP contribution in [0.4, 0.5) is 0 Å². The molecule has 0 bridgehead atoms. The first-order valence-corrected chi connectivity index (χ1v) is 5.58. The van der Waals surface area contributed by atoms with E-state index < -0.39 is 0 Å². The second-order valence-electron chi connectivity index (χ2n) is 4.12. The molecular formula is C13H16N2O3. The van der Waals surface area contributed by atoms with Crippen LogP contribution in [0.3, 0.4) is 0 Å². The highest BCUT2D eigenvalue weighted by molar-refractivity contribution is 5.91. The minimum atomic E-state index is -0.353. The minimum Gasteiger partial charge on any atom is -0.493 e. The highest BCUT2D eigenvalue weighted by atomic mass is 16.5. The molecule has 0 atom stereocenters. The number of aromatic amines is 1. The fraction of sp³-hybridized carbons (Fsp3) is 0.308. The van der Waals surface area contributed by atoms with Gasteiger partial charge in [-0.15, -0.1) is 0 Å². The van der Waals surface area contributed by atoms with Crippen molar-refractivity contribution in [3.8, 4) is 11.5 Å². The SMILES string of the molecule is COc1cc2[nH]c(C)c(CC(N)=O)c2cc1OC. The number of fused-ring (bicyclic) bond motifs is 1. The van der Waals surface area contributed by atoms with E-state index in [1.165, 1.54) is 0 Å². The molecule has 1 aromatic carbocycles. The van der Waals surface area contributed by atoms with Crippen molar-refractivity contribution in [2.45, 2.75) is 13.3 Å². The van der Waals surface area contributed by atoms with Gasteiger partial charge in [-0.05, 0) is 18.6 Å². The maximum atomic E-state index is 11.1. The van der Waals surface area contributed by atoms with E-state index in [0.717, 1.165) is 22.2 Å². The van der Waals surface area contributed by atoms with Crippen LogP contribution in [0.25, 0.3) is 10.9 Å². The highest BCUT2D eigenvalue weighted by Crippen LogP contribution is 2.34. The van der Waals surface area contributed by atoms with Crippen LogP contribution in [0.2, 0.25) is 0 Å². The Morgan fingerprint density at radius 3 is 2.44 bits per heavy atom. The van der Waals surface area contributed by atoms with Crippen molar-refractivity contribution >= 4 is 16.8 Å². The molecule has 0 spiro atoms. The Kier molecular flexibility index (Phi) is 3.14. The summed E-state index contributed by atoms with van der Waals surface area (Å²) in [5, 5.41) is 0.934. The highest BCUT2D eigenvalue weighted by Gasteiger charge is 2.14. The number of nitrogens with one attached hydrogen (secondary N) is 1. The lowest BCUT2D eigenvalue weighted by Gasteiger charge is -2.07. The first-order chi connectivity index (χ1) is 8.56. The molecule has 2 rings (SSSR count). The van der Waals surface area contributed by atoms with Gasteiger partial charge < -0.3 is 20.2 Å². The fourth-order valence-corrected chi connectivity index (χ4v) is 2.11. The Bertz CT molecular complexity index is 602. The number of carbonyl (C=O) groups excluding carboxylic acids is 1. The molecule has 1 heterocycles. The topological polar surface area (TPSA) is 77.3 Å². The first kappa shape index (κ1) is 12.3. The van der Waals surface area contributed by atoms with Crippen molar-refractivity contribution in [2.24, 2.45) is 5.73 Å². The van der Waals surface area contributed by atoms with E-state index in [0.29, 0.717) is 11.5 Å². The quantitative estimate of drug-likeness (QED) is 0.861. The molecule has 0 unspecified atom stereocenters. The average molecular weight is 248 g/mol. The molecule has 0 aliphatic heterocycles. The Labute approximate surface area is 105 Å². The fourth-order valence-electron chi connectivity index (χ4n) is 2.11. The third-order valence-electron chi connectivity index (χ3n) is 2.97. The van der Waals surface area contributed by atoms with E-state index in [1.54, 1.807) is 14.2 Å². The van der Waals surface area contributed by atoms with Gasteiger partial charge in [-0.2, -0.15) is 0 Å². The molecule has 0 saturated heterocycles. The summed E-state index contributed by atoms with van der Waals surface area (Å²) in [6.07, 6.45) is 0.210. The van der Waals surface area contributed by atoms with E-state index in [-0.39, 0.29) is 12.3 Å². The number of hydrogen-bond acceptors (Lipinski definition) is 3. The van der Waals surface area contributed by atoms with E-state index in [1.807, 2.05) is 19.1 Å². The number of ether oxygens (including phenoxy) is 2. The number of primary amides is 1. The Morgan fingerprint density at radius 1 is 1.28 bits per heavy atom. The number of nitrogens with two attached hydrogens (primary N) is 1. The third kappa shape index (κ3) is 1.99. The summed E-state index contributed by atoms with van der Waals surface area (Å²) in [6, 6.07) is 3.71. The zero-order chi connectivity index (χ0) is 13.3. The first-order valence-electron chi connectivity index (χ1n) is 5.58. The summed E-state index contributed by atoms with van der Waals surface area (Å²) in [5.74, 6) is 0.931. The number of benzene rings is 1. The van der Waals surface area contributed by atoms with E-state index in [9.17, 15) is 4.79 Å². The summed E-state index contributed by atoms with van der Waals surface area (Å²) < 4.78 is 10.5. The van der Waals surface area contributed by atoms with Gasteiger partial charge in [0.2, 0.25) is 5.91 Å². The van der Waals surface area contributed by atoms with Crippen LogP contribution in [0.5, 0.6) is 11.5 Å². The molecule has 0 aliphatic carbocycles. The molecule has 1 aromatic heterocycles. The molecule has 0 fully saturated rings. The standard InChI is InChI=1S/C13H16N2O3/c1-7-8(5-13(14)16)9-4-11(17-2)12(18-3)6-10(9)15-7/h4,6,15H,5H2,1-3H3,(H2,14,16).